The monoisotopic (exact) mass is 820 g/mol. The quantitative estimate of drug-likeness (QED) is 0.194. The van der Waals surface area contributed by atoms with Gasteiger partial charge in [0.2, 0.25) is 0 Å². The van der Waals surface area contributed by atoms with Crippen LogP contribution in [-0.4, -0.2) is 105 Å². The molecule has 60 heavy (non-hydrogen) atoms. The van der Waals surface area contributed by atoms with E-state index in [1.54, 1.807) is 0 Å². The molecule has 3 spiro atoms. The van der Waals surface area contributed by atoms with Gasteiger partial charge in [-0.05, 0) is 204 Å². The van der Waals surface area contributed by atoms with Crippen LogP contribution in [0.25, 0.3) is 0 Å². The molecule has 3 atom stereocenters. The first-order valence-corrected chi connectivity index (χ1v) is 22.6. The van der Waals surface area contributed by atoms with Crippen molar-refractivity contribution in [2.75, 3.05) is 60.1 Å². The van der Waals surface area contributed by atoms with E-state index in [2.05, 4.69) is 67.1 Å². The summed E-state index contributed by atoms with van der Waals surface area (Å²) in [5.74, 6) is -0.637. The number of rotatable bonds is 6. The molecule has 9 nitrogen and oxygen atoms in total. The highest BCUT2D eigenvalue weighted by Gasteiger charge is 2.43. The molecule has 324 valence electrons. The summed E-state index contributed by atoms with van der Waals surface area (Å²) in [5, 5.41) is 12.5. The van der Waals surface area contributed by atoms with Crippen molar-refractivity contribution in [1.29, 1.82) is 0 Å². The molecule has 0 aromatic heterocycles. The number of methoxy groups -OCH3 is 2. The summed E-state index contributed by atoms with van der Waals surface area (Å²) in [6.45, 7) is 15.8. The summed E-state index contributed by atoms with van der Waals surface area (Å²) in [6.07, 6.45) is 14.3. The zero-order valence-corrected chi connectivity index (χ0v) is 37.2. The van der Waals surface area contributed by atoms with Crippen LogP contribution < -0.4 is 5.32 Å². The number of fused-ring (bicyclic) bond motifs is 3. The summed E-state index contributed by atoms with van der Waals surface area (Å²) < 4.78 is 9.64. The van der Waals surface area contributed by atoms with Gasteiger partial charge in [-0.1, -0.05) is 24.3 Å². The molecule has 0 amide bonds. The van der Waals surface area contributed by atoms with E-state index >= 15 is 0 Å². The van der Waals surface area contributed by atoms with E-state index in [1.165, 1.54) is 112 Å². The number of ketones is 1. The number of hydrogen-bond donors (Lipinski definition) is 2. The molecule has 9 rings (SSSR count). The van der Waals surface area contributed by atoms with Crippen molar-refractivity contribution in [3.8, 4) is 0 Å². The average molecular weight is 820 g/mol. The number of nitrogens with one attached hydrogen (secondary N) is 1. The molecular weight excluding hydrogens is 751 g/mol. The molecule has 3 heterocycles. The van der Waals surface area contributed by atoms with E-state index < -0.39 is 6.61 Å². The second-order valence-electron chi connectivity index (χ2n) is 19.6. The third kappa shape index (κ3) is 9.75. The second-order valence-corrected chi connectivity index (χ2v) is 19.6. The average Bonchev–Trinajstić information content (AvgIpc) is 4.02. The summed E-state index contributed by atoms with van der Waals surface area (Å²) in [7, 11) is 2.88. The Morgan fingerprint density at radius 3 is 1.40 bits per heavy atom. The highest BCUT2D eigenvalue weighted by molar-refractivity contribution is 5.97. The van der Waals surface area contributed by atoms with Gasteiger partial charge >= 0.3 is 11.9 Å². The number of aryl methyl sites for hydroxylation is 3. The van der Waals surface area contributed by atoms with Crippen LogP contribution in [-0.2, 0) is 48.0 Å². The molecule has 3 fully saturated rings. The lowest BCUT2D eigenvalue weighted by Crippen LogP contribution is -2.35. The number of carbonyl (C=O) groups is 3. The molecule has 3 unspecified atom stereocenters. The first kappa shape index (κ1) is 44.2. The number of nitrogens with zero attached hydrogens (tertiary/aromatic N) is 2. The van der Waals surface area contributed by atoms with E-state index in [1.807, 2.05) is 30.3 Å². The summed E-state index contributed by atoms with van der Waals surface area (Å²) in [4.78, 5) is 40.2. The number of benzene rings is 3. The predicted molar refractivity (Wildman–Crippen MR) is 237 cm³/mol. The molecule has 3 aromatic rings. The zero-order chi connectivity index (χ0) is 42.7. The van der Waals surface area contributed by atoms with Gasteiger partial charge in [-0.2, -0.15) is 0 Å². The molecule has 0 bridgehead atoms. The van der Waals surface area contributed by atoms with Crippen molar-refractivity contribution in [3.05, 3.63) is 105 Å². The minimum absolute atomic E-state index is 0.173. The Kier molecular flexibility index (Phi) is 13.7. The van der Waals surface area contributed by atoms with E-state index in [0.29, 0.717) is 45.0 Å². The van der Waals surface area contributed by atoms with Crippen LogP contribution in [0.4, 0.5) is 0 Å². The van der Waals surface area contributed by atoms with Crippen molar-refractivity contribution in [3.63, 3.8) is 0 Å². The third-order valence-corrected chi connectivity index (χ3v) is 15.1. The van der Waals surface area contributed by atoms with Crippen LogP contribution in [0.3, 0.4) is 0 Å². The van der Waals surface area contributed by atoms with Gasteiger partial charge in [0.15, 0.2) is 5.78 Å². The fourth-order valence-corrected chi connectivity index (χ4v) is 11.2. The van der Waals surface area contributed by atoms with Crippen LogP contribution in [0.5, 0.6) is 0 Å². The van der Waals surface area contributed by atoms with Gasteiger partial charge in [0, 0.05) is 37.3 Å². The van der Waals surface area contributed by atoms with Crippen molar-refractivity contribution in [2.45, 2.75) is 117 Å². The van der Waals surface area contributed by atoms with E-state index in [0.717, 1.165) is 51.6 Å². The van der Waals surface area contributed by atoms with E-state index in [-0.39, 0.29) is 17.7 Å². The smallest absolute Gasteiger partial charge is 0.337 e. The van der Waals surface area contributed by atoms with Gasteiger partial charge in [0.25, 0.3) is 0 Å². The molecule has 6 aliphatic rings. The molecule has 3 aliphatic carbocycles. The lowest BCUT2D eigenvalue weighted by atomic mass is 9.70. The highest BCUT2D eigenvalue weighted by atomic mass is 16.5. The molecule has 0 saturated carbocycles. The number of ether oxygens (including phenoxy) is 2. The lowest BCUT2D eigenvalue weighted by molar-refractivity contribution is 0.0591. The van der Waals surface area contributed by atoms with E-state index in [9.17, 15) is 14.4 Å². The molecule has 2 N–H and O–H groups in total. The zero-order valence-electron chi connectivity index (χ0n) is 37.2. The number of Topliss-reactive ketones (excluding diaryl/α,β-unsaturated/α-hetero) is 1. The van der Waals surface area contributed by atoms with Gasteiger partial charge < -0.3 is 29.7 Å². The largest absolute Gasteiger partial charge is 0.465 e. The van der Waals surface area contributed by atoms with E-state index in [4.69, 9.17) is 14.6 Å². The van der Waals surface area contributed by atoms with Gasteiger partial charge in [-0.15, -0.1) is 0 Å². The summed E-state index contributed by atoms with van der Waals surface area (Å²) in [5.41, 5.74) is 11.5. The number of aliphatic hydroxyl groups is 1. The number of esters is 2. The Balaban J connectivity index is 0.000000137. The van der Waals surface area contributed by atoms with Crippen LogP contribution in [0.15, 0.2) is 54.6 Å². The maximum atomic E-state index is 11.7. The first-order chi connectivity index (χ1) is 28.8. The summed E-state index contributed by atoms with van der Waals surface area (Å²) >= 11 is 0. The van der Waals surface area contributed by atoms with Gasteiger partial charge in [-0.25, -0.2) is 9.59 Å². The lowest BCUT2D eigenvalue weighted by Gasteiger charge is -2.35. The summed E-state index contributed by atoms with van der Waals surface area (Å²) in [6, 6.07) is 19.3. The van der Waals surface area contributed by atoms with Crippen LogP contribution in [0, 0.1) is 16.2 Å². The maximum Gasteiger partial charge on any atom is 0.337 e. The standard InChI is InChI=1S/2C18H25NO2.C15H19NO2/c1-13(2)19-9-8-18(12-19)7-6-14-4-5-15(17(20)21-3)10-16(14)11-18;1-13(2)19-8-7-18(12-19)6-5-14-3-4-15(17(21)11-20)9-16(14)10-18;1-18-14(17)12-3-2-11-4-5-15(6-7-16-10-15)9-13(11)8-12/h4-5,10,13H,6-9,11-12H2,1-3H3;3-4,9,13,20H,5-8,10-12H2,1-2H3;2-3,8,16H,4-7,9-10H2,1H3. The predicted octanol–water partition coefficient (Wildman–Crippen LogP) is 7.45. The third-order valence-electron chi connectivity index (χ3n) is 15.1. The molecular formula is C51H69N3O6. The van der Waals surface area contributed by atoms with Crippen molar-refractivity contribution in [2.24, 2.45) is 16.2 Å². The normalized spacial score (nSPS) is 25.6. The Hall–Kier alpha value is -3.89. The molecule has 0 radical (unpaired) electrons. The van der Waals surface area contributed by atoms with Crippen LogP contribution in [0.2, 0.25) is 0 Å². The fourth-order valence-electron chi connectivity index (χ4n) is 11.2. The molecule has 9 heteroatoms. The maximum absolute atomic E-state index is 11.7. The van der Waals surface area contributed by atoms with Gasteiger partial charge in [0.1, 0.15) is 6.61 Å². The Bertz CT molecular complexity index is 1940. The molecule has 3 saturated heterocycles. The fraction of sp³-hybridized carbons (Fsp3) is 0.588. The minimum atomic E-state index is -0.398. The number of aliphatic hydroxyl groups excluding tert-OH is 1. The van der Waals surface area contributed by atoms with Gasteiger partial charge in [-0.3, -0.25) is 4.79 Å². The highest BCUT2D eigenvalue weighted by Crippen LogP contribution is 2.45. The molecule has 3 aliphatic heterocycles. The van der Waals surface area contributed by atoms with Gasteiger partial charge in [0.05, 0.1) is 25.3 Å². The van der Waals surface area contributed by atoms with Crippen LogP contribution in [0.1, 0.15) is 131 Å². The van der Waals surface area contributed by atoms with Crippen molar-refractivity contribution < 1.29 is 29.0 Å². The minimum Gasteiger partial charge on any atom is -0.465 e. The molecule has 3 aromatic carbocycles. The van der Waals surface area contributed by atoms with Crippen molar-refractivity contribution >= 4 is 17.7 Å². The first-order valence-electron chi connectivity index (χ1n) is 22.6. The van der Waals surface area contributed by atoms with Crippen molar-refractivity contribution in [1.82, 2.24) is 15.1 Å². The Morgan fingerprint density at radius 1 is 0.600 bits per heavy atom. The van der Waals surface area contributed by atoms with Crippen LogP contribution >= 0.6 is 0 Å². The second kappa shape index (κ2) is 18.6. The topological polar surface area (TPSA) is 108 Å². The SMILES string of the molecule is CC(C)N1CCC2(CCc3ccc(C(=O)CO)cc3C2)C1.COC(=O)c1ccc2c(c1)CC1(CC2)CCN(C(C)C)C1.COC(=O)c1ccc2c(c1)CC1(CCNC1)CC2. The number of carbonyl (C=O) groups excluding carboxylic acids is 3. The Labute approximate surface area is 358 Å². The number of likely N-dealkylation sites (tertiary alicyclic amines) is 2. The number of hydrogen-bond acceptors (Lipinski definition) is 9. The Morgan fingerprint density at radius 2 is 1.02 bits per heavy atom.